The first-order valence-electron chi connectivity index (χ1n) is 9.13. The van der Waals surface area contributed by atoms with Crippen LogP contribution in [0.25, 0.3) is 0 Å². The maximum absolute atomic E-state index is 11.9. The van der Waals surface area contributed by atoms with Gasteiger partial charge in [0.25, 0.3) is 0 Å². The van der Waals surface area contributed by atoms with E-state index in [1.807, 2.05) is 60.7 Å². The number of alkyl carbamates (subject to hydrolysis) is 1. The molecule has 0 radical (unpaired) electrons. The third-order valence-corrected chi connectivity index (χ3v) is 4.02. The van der Waals surface area contributed by atoms with Crippen molar-refractivity contribution in [2.75, 3.05) is 6.54 Å². The Kier molecular flexibility index (Phi) is 8.86. The number of unbranched alkanes of at least 4 members (excludes halogenated alkanes) is 1. The van der Waals surface area contributed by atoms with Gasteiger partial charge in [-0.2, -0.15) is 0 Å². The summed E-state index contributed by atoms with van der Waals surface area (Å²) in [6.45, 7) is 1.01. The van der Waals surface area contributed by atoms with Crippen LogP contribution in [0.15, 0.2) is 60.7 Å². The number of ether oxygens (including phenoxy) is 2. The van der Waals surface area contributed by atoms with Crippen LogP contribution < -0.4 is 11.1 Å². The summed E-state index contributed by atoms with van der Waals surface area (Å²) in [5.41, 5.74) is 5.76. The average molecular weight is 371 g/mol. The highest BCUT2D eigenvalue weighted by Gasteiger charge is 2.18. The van der Waals surface area contributed by atoms with E-state index >= 15 is 0 Å². The van der Waals surface area contributed by atoms with Gasteiger partial charge in [0.05, 0.1) is 0 Å². The molecule has 144 valence electrons. The van der Waals surface area contributed by atoms with E-state index in [9.17, 15) is 9.59 Å². The Morgan fingerprint density at radius 1 is 0.852 bits per heavy atom. The molecule has 6 nitrogen and oxygen atoms in total. The summed E-state index contributed by atoms with van der Waals surface area (Å²) in [4.78, 5) is 23.6. The van der Waals surface area contributed by atoms with Gasteiger partial charge in [0.2, 0.25) is 0 Å². The van der Waals surface area contributed by atoms with Crippen LogP contribution in [0.3, 0.4) is 0 Å². The van der Waals surface area contributed by atoms with E-state index in [-0.39, 0.29) is 19.2 Å². The number of esters is 1. The molecular weight excluding hydrogens is 344 g/mol. The van der Waals surface area contributed by atoms with E-state index in [4.69, 9.17) is 9.47 Å². The van der Waals surface area contributed by atoms with E-state index in [1.54, 1.807) is 0 Å². The molecule has 0 unspecified atom stereocenters. The Bertz CT molecular complexity index is 692. The molecule has 0 saturated heterocycles. The molecule has 0 bridgehead atoms. The van der Waals surface area contributed by atoms with E-state index in [2.05, 4.69) is 11.1 Å². The zero-order chi connectivity index (χ0) is 19.3. The molecule has 0 aliphatic carbocycles. The second kappa shape index (κ2) is 11.7. The second-order valence-corrected chi connectivity index (χ2v) is 6.27. The van der Waals surface area contributed by atoms with Crippen LogP contribution >= 0.6 is 0 Å². The lowest BCUT2D eigenvalue weighted by Crippen LogP contribution is -2.65. The van der Waals surface area contributed by atoms with Crippen LogP contribution in [0.2, 0.25) is 0 Å². The fourth-order valence-electron chi connectivity index (χ4n) is 2.44. The fraction of sp³-hybridized carbons (Fsp3) is 0.333. The predicted molar refractivity (Wildman–Crippen MR) is 101 cm³/mol. The summed E-state index contributed by atoms with van der Waals surface area (Å²) in [6, 6.07) is 18.7. The Hall–Kier alpha value is -2.86. The molecule has 1 amide bonds. The highest BCUT2D eigenvalue weighted by molar-refractivity contribution is 5.73. The molecule has 0 aliphatic rings. The molecule has 0 saturated carbocycles. The van der Waals surface area contributed by atoms with Crippen molar-refractivity contribution in [2.24, 2.45) is 0 Å². The SMILES string of the molecule is [NH3+][C@H](CCCCNC(=O)OCc1ccccc1)C(=O)OCc1ccccc1. The quantitative estimate of drug-likeness (QED) is 0.496. The normalized spacial score (nSPS) is 11.4. The van der Waals surface area contributed by atoms with E-state index < -0.39 is 12.1 Å². The number of hydrogen-bond donors (Lipinski definition) is 2. The standard InChI is InChI=1S/C21H26N2O4/c22-19(20(24)26-15-17-9-3-1-4-10-17)13-7-8-14-23-21(25)27-16-18-11-5-2-6-12-18/h1-6,9-12,19H,7-8,13-16,22H2,(H,23,25)/p+1/t19-/m1/s1. The second-order valence-electron chi connectivity index (χ2n) is 6.27. The maximum Gasteiger partial charge on any atom is 0.407 e. The summed E-state index contributed by atoms with van der Waals surface area (Å²) in [5.74, 6) is -0.297. The van der Waals surface area contributed by atoms with Gasteiger partial charge in [-0.15, -0.1) is 0 Å². The van der Waals surface area contributed by atoms with E-state index in [0.717, 1.165) is 24.0 Å². The predicted octanol–water partition coefficient (Wildman–Crippen LogP) is 2.44. The Labute approximate surface area is 159 Å². The molecular formula is C21H27N2O4+. The van der Waals surface area contributed by atoms with Crippen molar-refractivity contribution in [1.82, 2.24) is 5.32 Å². The summed E-state index contributed by atoms with van der Waals surface area (Å²) >= 11 is 0. The van der Waals surface area contributed by atoms with Gasteiger partial charge in [0.1, 0.15) is 13.2 Å². The summed E-state index contributed by atoms with van der Waals surface area (Å²) < 4.78 is 10.4. The van der Waals surface area contributed by atoms with Crippen molar-refractivity contribution in [3.8, 4) is 0 Å². The lowest BCUT2D eigenvalue weighted by molar-refractivity contribution is -0.410. The first kappa shape index (κ1) is 20.5. The minimum atomic E-state index is -0.438. The van der Waals surface area contributed by atoms with Gasteiger partial charge in [0, 0.05) is 13.0 Å². The molecule has 1 atom stereocenters. The van der Waals surface area contributed by atoms with Crippen molar-refractivity contribution in [2.45, 2.75) is 38.5 Å². The van der Waals surface area contributed by atoms with Gasteiger partial charge >= 0.3 is 12.1 Å². The van der Waals surface area contributed by atoms with Crippen LogP contribution in [-0.4, -0.2) is 24.6 Å². The molecule has 0 fully saturated rings. The van der Waals surface area contributed by atoms with Gasteiger partial charge in [0.15, 0.2) is 6.04 Å². The number of carbonyl (C=O) groups excluding carboxylic acids is 2. The monoisotopic (exact) mass is 371 g/mol. The van der Waals surface area contributed by atoms with Gasteiger partial charge in [-0.25, -0.2) is 9.59 Å². The topological polar surface area (TPSA) is 92.3 Å². The summed E-state index contributed by atoms with van der Waals surface area (Å²) in [7, 11) is 0. The van der Waals surface area contributed by atoms with Crippen LogP contribution in [-0.2, 0) is 27.5 Å². The van der Waals surface area contributed by atoms with Crippen molar-refractivity contribution < 1.29 is 24.8 Å². The zero-order valence-electron chi connectivity index (χ0n) is 15.4. The van der Waals surface area contributed by atoms with Crippen LogP contribution in [0.1, 0.15) is 30.4 Å². The summed E-state index contributed by atoms with van der Waals surface area (Å²) in [6.07, 6.45) is 1.70. The smallest absolute Gasteiger partial charge is 0.407 e. The lowest BCUT2D eigenvalue weighted by atomic mass is 10.1. The Morgan fingerprint density at radius 3 is 2.00 bits per heavy atom. The largest absolute Gasteiger partial charge is 0.456 e. The van der Waals surface area contributed by atoms with Crippen LogP contribution in [0.5, 0.6) is 0 Å². The lowest BCUT2D eigenvalue weighted by Gasteiger charge is -2.10. The maximum atomic E-state index is 11.9. The third-order valence-electron chi connectivity index (χ3n) is 4.02. The van der Waals surface area contributed by atoms with Crippen molar-refractivity contribution in [3.05, 3.63) is 71.8 Å². The number of nitrogens with one attached hydrogen (secondary N) is 1. The van der Waals surface area contributed by atoms with Crippen molar-refractivity contribution >= 4 is 12.1 Å². The van der Waals surface area contributed by atoms with E-state index in [0.29, 0.717) is 13.0 Å². The van der Waals surface area contributed by atoms with Gasteiger partial charge in [-0.05, 0) is 24.0 Å². The number of carbonyl (C=O) groups is 2. The Morgan fingerprint density at radius 2 is 1.41 bits per heavy atom. The van der Waals surface area contributed by atoms with Crippen molar-refractivity contribution in [3.63, 3.8) is 0 Å². The van der Waals surface area contributed by atoms with Crippen LogP contribution in [0.4, 0.5) is 4.79 Å². The number of amides is 1. The van der Waals surface area contributed by atoms with Gasteiger partial charge in [-0.3, -0.25) is 0 Å². The van der Waals surface area contributed by atoms with Gasteiger partial charge < -0.3 is 20.5 Å². The molecule has 2 aromatic rings. The molecule has 0 aliphatic heterocycles. The number of benzene rings is 2. The summed E-state index contributed by atoms with van der Waals surface area (Å²) in [5, 5.41) is 2.70. The van der Waals surface area contributed by atoms with Gasteiger partial charge in [-0.1, -0.05) is 60.7 Å². The molecule has 27 heavy (non-hydrogen) atoms. The first-order valence-corrected chi connectivity index (χ1v) is 9.13. The highest BCUT2D eigenvalue weighted by atomic mass is 16.5. The molecule has 0 aromatic heterocycles. The minimum absolute atomic E-state index is 0.251. The molecule has 0 spiro atoms. The Balaban J connectivity index is 1.51. The van der Waals surface area contributed by atoms with Crippen LogP contribution in [0, 0.1) is 0 Å². The molecule has 0 heterocycles. The average Bonchev–Trinajstić information content (AvgIpc) is 2.71. The molecule has 4 N–H and O–H groups in total. The number of rotatable bonds is 10. The zero-order valence-corrected chi connectivity index (χ0v) is 15.4. The number of quaternary nitrogens is 1. The molecule has 2 rings (SSSR count). The molecule has 6 heteroatoms. The van der Waals surface area contributed by atoms with E-state index in [1.165, 1.54) is 0 Å². The van der Waals surface area contributed by atoms with Crippen molar-refractivity contribution in [1.29, 1.82) is 0 Å². The first-order chi connectivity index (χ1) is 13.1. The fourth-order valence-corrected chi connectivity index (χ4v) is 2.44. The molecule has 2 aromatic carbocycles. The third kappa shape index (κ3) is 8.37. The number of hydrogen-bond acceptors (Lipinski definition) is 4. The minimum Gasteiger partial charge on any atom is -0.456 e. The highest BCUT2D eigenvalue weighted by Crippen LogP contribution is 2.04.